The summed E-state index contributed by atoms with van der Waals surface area (Å²) in [6.07, 6.45) is 4.32. The topological polar surface area (TPSA) is 58.6 Å². The summed E-state index contributed by atoms with van der Waals surface area (Å²) >= 11 is 0. The molecule has 0 unspecified atom stereocenters. The van der Waals surface area contributed by atoms with E-state index in [4.69, 9.17) is 4.74 Å². The van der Waals surface area contributed by atoms with Gasteiger partial charge in [-0.3, -0.25) is 9.59 Å². The minimum atomic E-state index is -0.572. The molecular formula is C26H34N2O3. The predicted octanol–water partition coefficient (Wildman–Crippen LogP) is 4.47. The quantitative estimate of drug-likeness (QED) is 0.683. The van der Waals surface area contributed by atoms with Gasteiger partial charge in [-0.2, -0.15) is 0 Å². The van der Waals surface area contributed by atoms with Crippen LogP contribution >= 0.6 is 0 Å². The molecule has 2 aromatic rings. The van der Waals surface area contributed by atoms with Gasteiger partial charge in [0.1, 0.15) is 11.8 Å². The number of rotatable bonds is 8. The molecule has 5 heteroatoms. The molecule has 0 aliphatic heterocycles. The summed E-state index contributed by atoms with van der Waals surface area (Å²) in [6.45, 7) is 8.11. The number of nitrogens with one attached hydrogen (secondary N) is 1. The molecule has 166 valence electrons. The van der Waals surface area contributed by atoms with Crippen LogP contribution in [0.4, 0.5) is 0 Å². The Labute approximate surface area is 185 Å². The van der Waals surface area contributed by atoms with Crippen LogP contribution in [0.25, 0.3) is 0 Å². The number of benzene rings is 2. The van der Waals surface area contributed by atoms with Crippen molar-refractivity contribution < 1.29 is 14.3 Å². The molecule has 5 nitrogen and oxygen atoms in total. The van der Waals surface area contributed by atoms with E-state index in [2.05, 4.69) is 11.4 Å². The number of aryl methyl sites for hydroxylation is 2. The molecule has 1 atom stereocenters. The van der Waals surface area contributed by atoms with Crippen molar-refractivity contribution in [2.24, 2.45) is 0 Å². The van der Waals surface area contributed by atoms with E-state index in [1.807, 2.05) is 57.2 Å². The molecule has 0 heterocycles. The average molecular weight is 423 g/mol. The first-order valence-corrected chi connectivity index (χ1v) is 11.2. The van der Waals surface area contributed by atoms with Crippen molar-refractivity contribution in [2.45, 2.75) is 72.0 Å². The summed E-state index contributed by atoms with van der Waals surface area (Å²) in [6, 6.07) is 13.5. The molecule has 31 heavy (non-hydrogen) atoms. The predicted molar refractivity (Wildman–Crippen MR) is 123 cm³/mol. The zero-order chi connectivity index (χ0) is 22.4. The second-order valence-electron chi connectivity index (χ2n) is 8.67. The van der Waals surface area contributed by atoms with Crippen molar-refractivity contribution in [3.05, 3.63) is 64.7 Å². The molecule has 2 aromatic carbocycles. The molecule has 2 amide bonds. The van der Waals surface area contributed by atoms with Crippen molar-refractivity contribution in [3.63, 3.8) is 0 Å². The van der Waals surface area contributed by atoms with Crippen molar-refractivity contribution in [1.29, 1.82) is 0 Å². The van der Waals surface area contributed by atoms with E-state index < -0.39 is 6.04 Å². The number of amides is 2. The van der Waals surface area contributed by atoms with Gasteiger partial charge in [-0.1, -0.05) is 49.2 Å². The second-order valence-corrected chi connectivity index (χ2v) is 8.67. The summed E-state index contributed by atoms with van der Waals surface area (Å²) in [5.41, 5.74) is 4.24. The van der Waals surface area contributed by atoms with Crippen LogP contribution in [0, 0.1) is 20.8 Å². The highest BCUT2D eigenvalue weighted by Crippen LogP contribution is 2.24. The van der Waals surface area contributed by atoms with Crippen LogP contribution in [0.1, 0.15) is 54.9 Å². The van der Waals surface area contributed by atoms with Gasteiger partial charge >= 0.3 is 0 Å². The molecule has 0 spiro atoms. The van der Waals surface area contributed by atoms with Gasteiger partial charge in [0.2, 0.25) is 5.91 Å². The van der Waals surface area contributed by atoms with E-state index in [0.29, 0.717) is 12.3 Å². The van der Waals surface area contributed by atoms with Gasteiger partial charge < -0.3 is 15.0 Å². The highest BCUT2D eigenvalue weighted by Gasteiger charge is 2.28. The molecular weight excluding hydrogens is 388 g/mol. The molecule has 1 fully saturated rings. The molecule has 1 saturated carbocycles. The number of ether oxygens (including phenoxy) is 1. The van der Waals surface area contributed by atoms with Gasteiger partial charge in [-0.15, -0.1) is 0 Å². The summed E-state index contributed by atoms with van der Waals surface area (Å²) < 4.78 is 5.92. The van der Waals surface area contributed by atoms with Crippen LogP contribution in [0.5, 0.6) is 5.75 Å². The molecule has 1 aliphatic carbocycles. The van der Waals surface area contributed by atoms with Gasteiger partial charge in [0.05, 0.1) is 0 Å². The molecule has 0 bridgehead atoms. The molecule has 0 radical (unpaired) electrons. The van der Waals surface area contributed by atoms with Crippen molar-refractivity contribution in [3.8, 4) is 5.75 Å². The number of carbonyl (C=O) groups excluding carboxylic acids is 2. The zero-order valence-corrected chi connectivity index (χ0v) is 19.1. The van der Waals surface area contributed by atoms with Crippen LogP contribution < -0.4 is 10.1 Å². The first-order chi connectivity index (χ1) is 14.8. The Morgan fingerprint density at radius 1 is 1.10 bits per heavy atom. The fourth-order valence-corrected chi connectivity index (χ4v) is 4.13. The summed E-state index contributed by atoms with van der Waals surface area (Å²) in [7, 11) is 0. The molecule has 0 aromatic heterocycles. The Bertz CT molecular complexity index is 904. The molecule has 0 saturated heterocycles. The van der Waals surface area contributed by atoms with Crippen molar-refractivity contribution >= 4 is 11.8 Å². The van der Waals surface area contributed by atoms with E-state index in [1.54, 1.807) is 11.8 Å². The van der Waals surface area contributed by atoms with Gasteiger partial charge in [-0.05, 0) is 68.9 Å². The molecule has 1 aliphatic rings. The minimum Gasteiger partial charge on any atom is -0.483 e. The van der Waals surface area contributed by atoms with Gasteiger partial charge in [0.15, 0.2) is 6.61 Å². The summed E-state index contributed by atoms with van der Waals surface area (Å²) in [5.74, 6) is 0.420. The van der Waals surface area contributed by atoms with Gasteiger partial charge in [0, 0.05) is 12.6 Å². The number of hydrogen-bond donors (Lipinski definition) is 1. The lowest BCUT2D eigenvalue weighted by Gasteiger charge is -2.29. The number of carbonyl (C=O) groups is 2. The van der Waals surface area contributed by atoms with Crippen molar-refractivity contribution in [1.82, 2.24) is 10.2 Å². The SMILES string of the molecule is Cc1cc(C)c(C)c(OCC(=O)N(Cc2ccccc2)[C@H](C)C(=O)NC2CCCC2)c1. The van der Waals surface area contributed by atoms with E-state index in [-0.39, 0.29) is 24.5 Å². The Kier molecular flexibility index (Phi) is 7.72. The number of hydrogen-bond acceptors (Lipinski definition) is 3. The largest absolute Gasteiger partial charge is 0.483 e. The fourth-order valence-electron chi connectivity index (χ4n) is 4.13. The zero-order valence-electron chi connectivity index (χ0n) is 19.1. The third kappa shape index (κ3) is 6.09. The third-order valence-corrected chi connectivity index (χ3v) is 6.18. The minimum absolute atomic E-state index is 0.0984. The van der Waals surface area contributed by atoms with Crippen LogP contribution in [0.2, 0.25) is 0 Å². The molecule has 3 rings (SSSR count). The summed E-state index contributed by atoms with van der Waals surface area (Å²) in [5, 5.41) is 3.12. The van der Waals surface area contributed by atoms with Crippen LogP contribution in [0.15, 0.2) is 42.5 Å². The lowest BCUT2D eigenvalue weighted by Crippen LogP contribution is -2.50. The maximum absolute atomic E-state index is 13.2. The Hall–Kier alpha value is -2.82. The van der Waals surface area contributed by atoms with E-state index in [1.165, 1.54) is 0 Å². The smallest absolute Gasteiger partial charge is 0.261 e. The summed E-state index contributed by atoms with van der Waals surface area (Å²) in [4.78, 5) is 27.7. The Morgan fingerprint density at radius 3 is 2.45 bits per heavy atom. The highest BCUT2D eigenvalue weighted by molar-refractivity contribution is 5.88. The average Bonchev–Trinajstić information content (AvgIpc) is 3.26. The third-order valence-electron chi connectivity index (χ3n) is 6.18. The lowest BCUT2D eigenvalue weighted by molar-refractivity contribution is -0.142. The van der Waals surface area contributed by atoms with Gasteiger partial charge in [0.25, 0.3) is 5.91 Å². The normalized spacial score (nSPS) is 14.8. The maximum Gasteiger partial charge on any atom is 0.261 e. The number of nitrogens with zero attached hydrogens (tertiary/aromatic N) is 1. The van der Waals surface area contributed by atoms with E-state index >= 15 is 0 Å². The second kappa shape index (κ2) is 10.5. The van der Waals surface area contributed by atoms with E-state index in [0.717, 1.165) is 47.9 Å². The maximum atomic E-state index is 13.2. The van der Waals surface area contributed by atoms with E-state index in [9.17, 15) is 9.59 Å². The Morgan fingerprint density at radius 2 is 1.77 bits per heavy atom. The first-order valence-electron chi connectivity index (χ1n) is 11.2. The fraction of sp³-hybridized carbons (Fsp3) is 0.462. The van der Waals surface area contributed by atoms with Crippen LogP contribution in [-0.4, -0.2) is 35.4 Å². The molecule has 1 N–H and O–H groups in total. The first kappa shape index (κ1) is 22.9. The monoisotopic (exact) mass is 422 g/mol. The van der Waals surface area contributed by atoms with Crippen LogP contribution in [-0.2, 0) is 16.1 Å². The Balaban J connectivity index is 1.73. The van der Waals surface area contributed by atoms with Crippen molar-refractivity contribution in [2.75, 3.05) is 6.61 Å². The van der Waals surface area contributed by atoms with Gasteiger partial charge in [-0.25, -0.2) is 0 Å². The lowest BCUT2D eigenvalue weighted by atomic mass is 10.1. The standard InChI is InChI=1S/C26H34N2O3/c1-18-14-19(2)20(3)24(15-18)31-17-25(29)28(16-22-10-6-5-7-11-22)21(4)26(30)27-23-12-8-9-13-23/h5-7,10-11,14-15,21,23H,8-9,12-13,16-17H2,1-4H3,(H,27,30)/t21-/m1/s1. The highest BCUT2D eigenvalue weighted by atomic mass is 16.5. The van der Waals surface area contributed by atoms with Crippen LogP contribution in [0.3, 0.4) is 0 Å².